The van der Waals surface area contributed by atoms with Crippen LogP contribution in [0.1, 0.15) is 5.56 Å². The fourth-order valence-corrected chi connectivity index (χ4v) is 1.86. The number of aromatic hydroxyl groups is 1. The van der Waals surface area contributed by atoms with Crippen LogP contribution < -0.4 is 0 Å². The predicted molar refractivity (Wildman–Crippen MR) is 46.5 cm³/mol. The van der Waals surface area contributed by atoms with E-state index in [1.165, 1.54) is 0 Å². The normalized spacial score (nSPS) is 11.6. The second kappa shape index (κ2) is 3.70. The third kappa shape index (κ3) is 2.81. The summed E-state index contributed by atoms with van der Waals surface area (Å²) in [4.78, 5) is 0. The smallest absolute Gasteiger partial charge is 0.236 e. The molecule has 3 nitrogen and oxygen atoms in total. The van der Waals surface area contributed by atoms with Crippen LogP contribution in [0.15, 0.2) is 12.1 Å². The molecular formula is C7H5ClF2O3S. The second-order valence-electron chi connectivity index (χ2n) is 2.58. The zero-order valence-corrected chi connectivity index (χ0v) is 8.24. The van der Waals surface area contributed by atoms with E-state index in [0.717, 1.165) is 0 Å². The largest absolute Gasteiger partial charge is 0.505 e. The molecule has 0 atom stereocenters. The first kappa shape index (κ1) is 11.2. The Morgan fingerprint density at radius 1 is 1.36 bits per heavy atom. The molecule has 1 rings (SSSR count). The van der Waals surface area contributed by atoms with Crippen LogP contribution >= 0.6 is 10.7 Å². The molecule has 7 heteroatoms. The number of halogens is 3. The van der Waals surface area contributed by atoms with Gasteiger partial charge in [0.2, 0.25) is 9.05 Å². The van der Waals surface area contributed by atoms with Crippen LogP contribution in [-0.2, 0) is 14.8 Å². The molecule has 0 heterocycles. The van der Waals surface area contributed by atoms with E-state index in [4.69, 9.17) is 15.8 Å². The number of hydrogen-bond acceptors (Lipinski definition) is 3. The van der Waals surface area contributed by atoms with Gasteiger partial charge in [0.1, 0.15) is 5.82 Å². The van der Waals surface area contributed by atoms with Crippen molar-refractivity contribution in [1.29, 1.82) is 0 Å². The van der Waals surface area contributed by atoms with Crippen molar-refractivity contribution in [2.75, 3.05) is 0 Å². The zero-order chi connectivity index (χ0) is 10.9. The fraction of sp³-hybridized carbons (Fsp3) is 0.143. The summed E-state index contributed by atoms with van der Waals surface area (Å²) in [5.74, 6) is -3.93. The number of rotatable bonds is 2. The summed E-state index contributed by atoms with van der Waals surface area (Å²) in [6.07, 6.45) is 0. The van der Waals surface area contributed by atoms with E-state index in [-0.39, 0.29) is 0 Å². The van der Waals surface area contributed by atoms with Gasteiger partial charge in [-0.05, 0) is 6.07 Å². The molecule has 0 aliphatic heterocycles. The van der Waals surface area contributed by atoms with Gasteiger partial charge in [0.15, 0.2) is 11.6 Å². The minimum absolute atomic E-state index is 0.405. The van der Waals surface area contributed by atoms with Crippen molar-refractivity contribution in [3.63, 3.8) is 0 Å². The topological polar surface area (TPSA) is 54.4 Å². The van der Waals surface area contributed by atoms with Gasteiger partial charge in [0, 0.05) is 22.3 Å². The monoisotopic (exact) mass is 242 g/mol. The maximum Gasteiger partial charge on any atom is 0.236 e. The van der Waals surface area contributed by atoms with Gasteiger partial charge in [0.25, 0.3) is 0 Å². The lowest BCUT2D eigenvalue weighted by molar-refractivity contribution is 0.423. The number of phenols is 1. The minimum atomic E-state index is -3.95. The molecule has 0 radical (unpaired) electrons. The van der Waals surface area contributed by atoms with Gasteiger partial charge in [-0.3, -0.25) is 0 Å². The lowest BCUT2D eigenvalue weighted by Crippen LogP contribution is -1.97. The van der Waals surface area contributed by atoms with Crippen LogP contribution in [0.5, 0.6) is 5.75 Å². The van der Waals surface area contributed by atoms with E-state index >= 15 is 0 Å². The van der Waals surface area contributed by atoms with E-state index in [1.807, 2.05) is 0 Å². The highest BCUT2D eigenvalue weighted by Crippen LogP contribution is 2.25. The average Bonchev–Trinajstić information content (AvgIpc) is 1.96. The Bertz CT molecular complexity index is 458. The second-order valence-corrected chi connectivity index (χ2v) is 5.36. The van der Waals surface area contributed by atoms with Crippen molar-refractivity contribution in [3.8, 4) is 5.75 Å². The Kier molecular flexibility index (Phi) is 2.96. The van der Waals surface area contributed by atoms with Crippen molar-refractivity contribution in [2.24, 2.45) is 0 Å². The molecule has 0 fully saturated rings. The van der Waals surface area contributed by atoms with Gasteiger partial charge < -0.3 is 5.11 Å². The predicted octanol–water partition coefficient (Wildman–Crippen LogP) is 1.74. The molecule has 0 aromatic heterocycles. The Balaban J connectivity index is 3.22. The van der Waals surface area contributed by atoms with Crippen molar-refractivity contribution >= 4 is 19.7 Å². The summed E-state index contributed by atoms with van der Waals surface area (Å²) in [6.45, 7) is 0. The SMILES string of the molecule is O=S(=O)(Cl)Cc1cc(F)cc(F)c1O. The molecule has 0 amide bonds. The minimum Gasteiger partial charge on any atom is -0.505 e. The van der Waals surface area contributed by atoms with Crippen molar-refractivity contribution in [2.45, 2.75) is 5.75 Å². The van der Waals surface area contributed by atoms with E-state index in [2.05, 4.69) is 0 Å². The molecule has 0 unspecified atom stereocenters. The van der Waals surface area contributed by atoms with E-state index in [0.29, 0.717) is 12.1 Å². The molecule has 0 spiro atoms. The number of benzene rings is 1. The van der Waals surface area contributed by atoms with Crippen LogP contribution in [0.3, 0.4) is 0 Å². The van der Waals surface area contributed by atoms with Gasteiger partial charge >= 0.3 is 0 Å². The molecule has 78 valence electrons. The van der Waals surface area contributed by atoms with E-state index in [1.54, 1.807) is 0 Å². The standard InChI is InChI=1S/C7H5ClF2O3S/c8-14(12,13)3-4-1-5(9)2-6(10)7(4)11/h1-2,11H,3H2. The highest BCUT2D eigenvalue weighted by Gasteiger charge is 2.15. The van der Waals surface area contributed by atoms with Crippen LogP contribution in [0.4, 0.5) is 8.78 Å². The Labute approximate surface area is 83.4 Å². The van der Waals surface area contributed by atoms with Crippen LogP contribution in [0.25, 0.3) is 0 Å². The summed E-state index contributed by atoms with van der Waals surface area (Å²) in [5, 5.41) is 9.02. The molecule has 0 bridgehead atoms. The summed E-state index contributed by atoms with van der Waals surface area (Å²) in [5.41, 5.74) is -0.405. The molecule has 1 N–H and O–H groups in total. The van der Waals surface area contributed by atoms with Crippen LogP contribution in [-0.4, -0.2) is 13.5 Å². The van der Waals surface area contributed by atoms with Gasteiger partial charge in [-0.2, -0.15) is 0 Å². The van der Waals surface area contributed by atoms with Gasteiger partial charge in [-0.1, -0.05) is 0 Å². The quantitative estimate of drug-likeness (QED) is 0.804. The first-order chi connectivity index (χ1) is 6.29. The first-order valence-electron chi connectivity index (χ1n) is 3.39. The van der Waals surface area contributed by atoms with Crippen LogP contribution in [0.2, 0.25) is 0 Å². The summed E-state index contributed by atoms with van der Waals surface area (Å²) in [7, 11) is 0.906. The Morgan fingerprint density at radius 3 is 2.43 bits per heavy atom. The molecule has 0 saturated heterocycles. The number of phenolic OH excluding ortho intramolecular Hbond substituents is 1. The van der Waals surface area contributed by atoms with Gasteiger partial charge in [-0.15, -0.1) is 0 Å². The molecule has 14 heavy (non-hydrogen) atoms. The Hall–Kier alpha value is -0.880. The molecule has 0 saturated carbocycles. The third-order valence-electron chi connectivity index (χ3n) is 1.44. The third-order valence-corrected chi connectivity index (χ3v) is 2.42. The summed E-state index contributed by atoms with van der Waals surface area (Å²) < 4.78 is 46.5. The van der Waals surface area contributed by atoms with Crippen molar-refractivity contribution < 1.29 is 22.3 Å². The highest BCUT2D eigenvalue weighted by atomic mass is 35.7. The maximum absolute atomic E-state index is 12.7. The average molecular weight is 243 g/mol. The summed E-state index contributed by atoms with van der Waals surface area (Å²) >= 11 is 0. The zero-order valence-electron chi connectivity index (χ0n) is 6.67. The summed E-state index contributed by atoms with van der Waals surface area (Å²) in [6, 6.07) is 1.15. The molecule has 0 aliphatic carbocycles. The fourth-order valence-electron chi connectivity index (χ4n) is 0.915. The Morgan fingerprint density at radius 2 is 1.93 bits per heavy atom. The van der Waals surface area contributed by atoms with Gasteiger partial charge in [0.05, 0.1) is 5.75 Å². The van der Waals surface area contributed by atoms with Crippen molar-refractivity contribution in [1.82, 2.24) is 0 Å². The molecule has 1 aromatic carbocycles. The maximum atomic E-state index is 12.7. The molecule has 1 aromatic rings. The number of hydrogen-bond donors (Lipinski definition) is 1. The van der Waals surface area contributed by atoms with E-state index < -0.39 is 37.8 Å². The van der Waals surface area contributed by atoms with Crippen LogP contribution in [0, 0.1) is 11.6 Å². The molecule has 0 aliphatic rings. The lowest BCUT2D eigenvalue weighted by atomic mass is 10.2. The van der Waals surface area contributed by atoms with Gasteiger partial charge in [-0.25, -0.2) is 17.2 Å². The first-order valence-corrected chi connectivity index (χ1v) is 5.86. The highest BCUT2D eigenvalue weighted by molar-refractivity contribution is 8.13. The molecular weight excluding hydrogens is 238 g/mol. The van der Waals surface area contributed by atoms with E-state index in [9.17, 15) is 17.2 Å². The van der Waals surface area contributed by atoms with Crippen molar-refractivity contribution in [3.05, 3.63) is 29.3 Å². The lowest BCUT2D eigenvalue weighted by Gasteiger charge is -2.03.